The van der Waals surface area contributed by atoms with Gasteiger partial charge in [-0.2, -0.15) is 0 Å². The Kier molecular flexibility index (Phi) is 1.70. The van der Waals surface area contributed by atoms with E-state index in [1.54, 1.807) is 0 Å². The molecule has 0 unspecified atom stereocenters. The average molecular weight is 152 g/mol. The van der Waals surface area contributed by atoms with Crippen molar-refractivity contribution in [1.82, 2.24) is 0 Å². The lowest BCUT2D eigenvalue weighted by atomic mass is 10.4. The molecule has 0 bridgehead atoms. The van der Waals surface area contributed by atoms with Crippen LogP contribution >= 0.6 is 7.91 Å². The Hall–Kier alpha value is -0.180. The number of halogens is 1. The molecule has 0 spiro atoms. The fraction of sp³-hybridized carbons (Fsp3) is 0.500. The van der Waals surface area contributed by atoms with Gasteiger partial charge in [-0.1, -0.05) is 6.58 Å². The van der Waals surface area contributed by atoms with Crippen molar-refractivity contribution in [2.75, 3.05) is 13.2 Å². The lowest BCUT2D eigenvalue weighted by Crippen LogP contribution is -2.08. The van der Waals surface area contributed by atoms with Gasteiger partial charge >= 0.3 is 7.91 Å². The Bertz CT molecular complexity index is 165. The van der Waals surface area contributed by atoms with E-state index in [0.29, 0.717) is 5.57 Å². The highest BCUT2D eigenvalue weighted by Gasteiger charge is 2.28. The fourth-order valence-electron chi connectivity index (χ4n) is 0.416. The van der Waals surface area contributed by atoms with Crippen molar-refractivity contribution in [3.8, 4) is 0 Å². The maximum Gasteiger partial charge on any atom is 0.513 e. The van der Waals surface area contributed by atoms with E-state index in [4.69, 9.17) is 0 Å². The van der Waals surface area contributed by atoms with Crippen molar-refractivity contribution in [1.29, 1.82) is 0 Å². The smallest absolute Gasteiger partial charge is 0.279 e. The Morgan fingerprint density at radius 1 is 1.56 bits per heavy atom. The number of hydrogen-bond acceptors (Lipinski definition) is 3. The molecule has 1 rings (SSSR count). The topological polar surface area (TPSA) is 35.5 Å². The third-order valence-electron chi connectivity index (χ3n) is 0.846. The van der Waals surface area contributed by atoms with Crippen LogP contribution in [0.1, 0.15) is 0 Å². The highest BCUT2D eigenvalue weighted by Crippen LogP contribution is 2.52. The van der Waals surface area contributed by atoms with Gasteiger partial charge < -0.3 is 0 Å². The second-order valence-electron chi connectivity index (χ2n) is 1.73. The predicted molar refractivity (Wildman–Crippen MR) is 29.8 cm³/mol. The first-order chi connectivity index (χ1) is 4.10. The van der Waals surface area contributed by atoms with Crippen LogP contribution in [0.2, 0.25) is 0 Å². The summed E-state index contributed by atoms with van der Waals surface area (Å²) in [6.07, 6.45) is 0. The van der Waals surface area contributed by atoms with Gasteiger partial charge in [-0.25, -0.2) is 4.57 Å². The fourth-order valence-corrected chi connectivity index (χ4v) is 1.16. The van der Waals surface area contributed by atoms with E-state index in [9.17, 15) is 8.76 Å². The van der Waals surface area contributed by atoms with Crippen molar-refractivity contribution < 1.29 is 17.8 Å². The monoisotopic (exact) mass is 152 g/mol. The van der Waals surface area contributed by atoms with Crippen LogP contribution in [0, 0.1) is 0 Å². The molecule has 9 heavy (non-hydrogen) atoms. The summed E-state index contributed by atoms with van der Waals surface area (Å²) >= 11 is 0. The summed E-state index contributed by atoms with van der Waals surface area (Å²) in [6.45, 7) is 3.43. The third-order valence-corrected chi connectivity index (χ3v) is 1.72. The molecule has 0 amide bonds. The van der Waals surface area contributed by atoms with E-state index in [0.717, 1.165) is 0 Å². The standard InChI is InChI=1S/C4H6FO3P/c1-4-2-7-9(5,6)8-3-4/h1-3H2. The lowest BCUT2D eigenvalue weighted by molar-refractivity contribution is 0.159. The van der Waals surface area contributed by atoms with Gasteiger partial charge in [0.05, 0.1) is 13.2 Å². The summed E-state index contributed by atoms with van der Waals surface area (Å²) in [4.78, 5) is 0. The third kappa shape index (κ3) is 1.90. The van der Waals surface area contributed by atoms with Crippen molar-refractivity contribution in [2.24, 2.45) is 0 Å². The van der Waals surface area contributed by atoms with Gasteiger partial charge in [-0.15, -0.1) is 4.20 Å². The molecule has 1 fully saturated rings. The second-order valence-corrected chi connectivity index (χ2v) is 3.11. The number of rotatable bonds is 0. The predicted octanol–water partition coefficient (Wildman–Crippen LogP) is 1.67. The van der Waals surface area contributed by atoms with Crippen LogP contribution in [0.5, 0.6) is 0 Å². The molecule has 0 radical (unpaired) electrons. The van der Waals surface area contributed by atoms with Gasteiger partial charge in [-0.3, -0.25) is 9.05 Å². The Morgan fingerprint density at radius 2 is 2.00 bits per heavy atom. The van der Waals surface area contributed by atoms with Gasteiger partial charge in [-0.05, 0) is 5.57 Å². The van der Waals surface area contributed by atoms with Crippen LogP contribution in [-0.2, 0) is 13.6 Å². The Morgan fingerprint density at radius 3 is 2.33 bits per heavy atom. The molecular weight excluding hydrogens is 146 g/mol. The minimum Gasteiger partial charge on any atom is -0.279 e. The van der Waals surface area contributed by atoms with Crippen molar-refractivity contribution in [3.05, 3.63) is 12.2 Å². The van der Waals surface area contributed by atoms with E-state index in [-0.39, 0.29) is 13.2 Å². The summed E-state index contributed by atoms with van der Waals surface area (Å²) in [5.41, 5.74) is 0.596. The van der Waals surface area contributed by atoms with Crippen LogP contribution in [-0.4, -0.2) is 13.2 Å². The van der Waals surface area contributed by atoms with Crippen LogP contribution < -0.4 is 0 Å². The zero-order valence-corrected chi connectivity index (χ0v) is 5.57. The zero-order chi connectivity index (χ0) is 6.91. The van der Waals surface area contributed by atoms with Crippen LogP contribution in [0.25, 0.3) is 0 Å². The molecule has 0 N–H and O–H groups in total. The summed E-state index contributed by atoms with van der Waals surface area (Å²) in [5, 5.41) is 0. The molecule has 1 aliphatic heterocycles. The van der Waals surface area contributed by atoms with Crippen LogP contribution in [0.3, 0.4) is 0 Å². The molecule has 1 aliphatic rings. The van der Waals surface area contributed by atoms with Crippen molar-refractivity contribution >= 4 is 7.91 Å². The molecule has 3 nitrogen and oxygen atoms in total. The van der Waals surface area contributed by atoms with Crippen molar-refractivity contribution in [2.45, 2.75) is 0 Å². The highest BCUT2D eigenvalue weighted by atomic mass is 31.2. The first-order valence-corrected chi connectivity index (χ1v) is 3.79. The van der Waals surface area contributed by atoms with Crippen LogP contribution in [0.15, 0.2) is 12.2 Å². The summed E-state index contributed by atoms with van der Waals surface area (Å²) in [5.74, 6) is 0. The minimum atomic E-state index is -4.18. The molecule has 0 aromatic rings. The highest BCUT2D eigenvalue weighted by molar-refractivity contribution is 7.48. The van der Waals surface area contributed by atoms with Gasteiger partial charge in [0.2, 0.25) is 0 Å². The molecule has 0 atom stereocenters. The molecular formula is C4H6FO3P. The zero-order valence-electron chi connectivity index (χ0n) is 4.67. The molecule has 52 valence electrons. The molecule has 0 saturated carbocycles. The molecule has 1 saturated heterocycles. The summed E-state index contributed by atoms with van der Waals surface area (Å²) < 4.78 is 30.6. The first-order valence-electron chi connectivity index (χ1n) is 2.35. The van der Waals surface area contributed by atoms with E-state index in [1.165, 1.54) is 0 Å². The molecule has 1 heterocycles. The SMILES string of the molecule is C=C1COP(=O)(F)OC1. The molecule has 0 aliphatic carbocycles. The van der Waals surface area contributed by atoms with E-state index in [2.05, 4.69) is 15.6 Å². The van der Waals surface area contributed by atoms with Gasteiger partial charge in [0.25, 0.3) is 0 Å². The van der Waals surface area contributed by atoms with E-state index in [1.807, 2.05) is 0 Å². The lowest BCUT2D eigenvalue weighted by Gasteiger charge is -2.16. The quantitative estimate of drug-likeness (QED) is 0.391. The van der Waals surface area contributed by atoms with E-state index >= 15 is 0 Å². The van der Waals surface area contributed by atoms with E-state index < -0.39 is 7.91 Å². The largest absolute Gasteiger partial charge is 0.513 e. The first kappa shape index (κ1) is 6.93. The normalized spacial score (nSPS) is 26.1. The van der Waals surface area contributed by atoms with Gasteiger partial charge in [0, 0.05) is 0 Å². The summed E-state index contributed by atoms with van der Waals surface area (Å²) in [6, 6.07) is 0. The van der Waals surface area contributed by atoms with Gasteiger partial charge in [0.15, 0.2) is 0 Å². The molecule has 5 heteroatoms. The maximum atomic E-state index is 12.1. The molecule has 0 aromatic heterocycles. The maximum absolute atomic E-state index is 12.1. The number of hydrogen-bond donors (Lipinski definition) is 0. The Labute approximate surface area is 52.1 Å². The van der Waals surface area contributed by atoms with Crippen LogP contribution in [0.4, 0.5) is 4.20 Å². The molecule has 0 aromatic carbocycles. The average Bonchev–Trinajstić information content (AvgIpc) is 1.78. The minimum absolute atomic E-state index is 0.00617. The Balaban J connectivity index is 2.54. The summed E-state index contributed by atoms with van der Waals surface area (Å²) in [7, 11) is -4.18. The second kappa shape index (κ2) is 2.21. The van der Waals surface area contributed by atoms with Gasteiger partial charge in [0.1, 0.15) is 0 Å². The van der Waals surface area contributed by atoms with Crippen molar-refractivity contribution in [3.63, 3.8) is 0 Å².